The second-order valence-corrected chi connectivity index (χ2v) is 9.77. The molecule has 2 aromatic carbocycles. The maximum Gasteiger partial charge on any atom is 0.411 e. The predicted molar refractivity (Wildman–Crippen MR) is 123 cm³/mol. The minimum Gasteiger partial charge on any atom is -0.480 e. The molecule has 4 rings (SSSR count). The van der Waals surface area contributed by atoms with Crippen LogP contribution in [0.15, 0.2) is 60.7 Å². The molecular weight excluding hydrogens is 420 g/mol. The van der Waals surface area contributed by atoms with Crippen molar-refractivity contribution in [3.63, 3.8) is 0 Å². The lowest BCUT2D eigenvalue weighted by molar-refractivity contribution is -0.156. The first-order valence-corrected chi connectivity index (χ1v) is 11.3. The van der Waals surface area contributed by atoms with E-state index in [1.807, 2.05) is 60.7 Å². The number of piperazine rings is 1. The van der Waals surface area contributed by atoms with Crippen molar-refractivity contribution in [3.8, 4) is 0 Å². The van der Waals surface area contributed by atoms with Gasteiger partial charge in [0.05, 0.1) is 6.04 Å². The highest BCUT2D eigenvalue weighted by molar-refractivity contribution is 5.92. The number of aliphatic carboxylic acids is 1. The predicted octanol–water partition coefficient (Wildman–Crippen LogP) is 3.69. The molecule has 2 amide bonds. The number of carbonyl (C=O) groups is 3. The lowest BCUT2D eigenvalue weighted by Gasteiger charge is -2.44. The Labute approximate surface area is 193 Å². The van der Waals surface area contributed by atoms with E-state index in [-0.39, 0.29) is 24.4 Å². The van der Waals surface area contributed by atoms with Crippen molar-refractivity contribution in [2.45, 2.75) is 63.3 Å². The standard InChI is InChI=1S/C26H30N2O5/c1-26(2,3)33-25(32)27-16-19-15-20(18-12-8-5-9-13-18)22(24(30)31)28(19)23(29)21(27)14-17-10-6-4-7-11-17/h4-13,19-22H,14-16H2,1-3H3,(H,30,31)/t19-,20+,21-,22-/m0/s1. The largest absolute Gasteiger partial charge is 0.480 e. The number of ether oxygens (including phenoxy) is 1. The first kappa shape index (κ1) is 22.8. The molecule has 0 spiro atoms. The van der Waals surface area contributed by atoms with Crippen LogP contribution in [-0.4, -0.2) is 63.1 Å². The summed E-state index contributed by atoms with van der Waals surface area (Å²) in [4.78, 5) is 42.3. The van der Waals surface area contributed by atoms with Gasteiger partial charge in [-0.1, -0.05) is 60.7 Å². The normalized spacial score (nSPS) is 25.0. The van der Waals surface area contributed by atoms with Gasteiger partial charge in [0.1, 0.15) is 17.7 Å². The molecular formula is C26H30N2O5. The maximum absolute atomic E-state index is 13.8. The minimum absolute atomic E-state index is 0.241. The van der Waals surface area contributed by atoms with Crippen molar-refractivity contribution in [1.29, 1.82) is 0 Å². The van der Waals surface area contributed by atoms with Crippen molar-refractivity contribution >= 4 is 18.0 Å². The zero-order valence-electron chi connectivity index (χ0n) is 19.2. The average molecular weight is 451 g/mol. The summed E-state index contributed by atoms with van der Waals surface area (Å²) < 4.78 is 5.63. The fraction of sp³-hybridized carbons (Fsp3) is 0.423. The van der Waals surface area contributed by atoms with Gasteiger partial charge in [0.15, 0.2) is 0 Å². The van der Waals surface area contributed by atoms with Crippen molar-refractivity contribution in [2.24, 2.45) is 0 Å². The first-order chi connectivity index (χ1) is 15.7. The van der Waals surface area contributed by atoms with Gasteiger partial charge in [0.25, 0.3) is 0 Å². The smallest absolute Gasteiger partial charge is 0.411 e. The molecule has 1 N–H and O–H groups in total. The van der Waals surface area contributed by atoms with Gasteiger partial charge in [0, 0.05) is 18.9 Å². The molecule has 0 aliphatic carbocycles. The van der Waals surface area contributed by atoms with E-state index in [2.05, 4.69) is 0 Å². The summed E-state index contributed by atoms with van der Waals surface area (Å²) in [5.74, 6) is -1.70. The molecule has 0 bridgehead atoms. The third-order valence-electron chi connectivity index (χ3n) is 6.30. The number of hydrogen-bond acceptors (Lipinski definition) is 4. The molecule has 174 valence electrons. The van der Waals surface area contributed by atoms with Crippen LogP contribution in [0.2, 0.25) is 0 Å². The van der Waals surface area contributed by atoms with Gasteiger partial charge in [-0.2, -0.15) is 0 Å². The fourth-order valence-electron chi connectivity index (χ4n) is 4.96. The highest BCUT2D eigenvalue weighted by Crippen LogP contribution is 2.41. The van der Waals surface area contributed by atoms with E-state index >= 15 is 0 Å². The Hall–Kier alpha value is -3.35. The van der Waals surface area contributed by atoms with Crippen LogP contribution < -0.4 is 0 Å². The second-order valence-electron chi connectivity index (χ2n) is 9.77. The lowest BCUT2D eigenvalue weighted by Crippen LogP contribution is -2.64. The number of nitrogens with zero attached hydrogens (tertiary/aromatic N) is 2. The summed E-state index contributed by atoms with van der Waals surface area (Å²) in [6, 6.07) is 16.7. The summed E-state index contributed by atoms with van der Waals surface area (Å²) in [5, 5.41) is 10.1. The number of fused-ring (bicyclic) bond motifs is 1. The van der Waals surface area contributed by atoms with Crippen molar-refractivity contribution in [1.82, 2.24) is 9.80 Å². The Kier molecular flexibility index (Phi) is 6.15. The lowest BCUT2D eigenvalue weighted by atomic mass is 9.91. The van der Waals surface area contributed by atoms with Crippen LogP contribution >= 0.6 is 0 Å². The number of rotatable bonds is 4. The molecule has 7 heteroatoms. The van der Waals surface area contributed by atoms with Crippen molar-refractivity contribution in [3.05, 3.63) is 71.8 Å². The minimum atomic E-state index is -1.02. The zero-order chi connectivity index (χ0) is 23.8. The molecule has 0 saturated carbocycles. The molecule has 2 heterocycles. The molecule has 0 aromatic heterocycles. The van der Waals surface area contributed by atoms with Crippen LogP contribution in [0.1, 0.15) is 44.2 Å². The van der Waals surface area contributed by atoms with Crippen LogP contribution in [-0.2, 0) is 20.7 Å². The summed E-state index contributed by atoms with van der Waals surface area (Å²) in [6.07, 6.45) is 0.223. The Morgan fingerprint density at radius 2 is 1.64 bits per heavy atom. The number of hydrogen-bond donors (Lipinski definition) is 1. The number of carbonyl (C=O) groups excluding carboxylic acids is 2. The van der Waals surface area contributed by atoms with Gasteiger partial charge in [-0.25, -0.2) is 9.59 Å². The second kappa shape index (κ2) is 8.89. The summed E-state index contributed by atoms with van der Waals surface area (Å²) >= 11 is 0. The molecule has 0 radical (unpaired) electrons. The highest BCUT2D eigenvalue weighted by Gasteiger charge is 2.54. The molecule has 2 aliphatic heterocycles. The zero-order valence-corrected chi connectivity index (χ0v) is 19.2. The van der Waals surface area contributed by atoms with Crippen LogP contribution in [0.5, 0.6) is 0 Å². The molecule has 7 nitrogen and oxygen atoms in total. The summed E-state index contributed by atoms with van der Waals surface area (Å²) in [6.45, 7) is 5.61. The third kappa shape index (κ3) is 4.72. The molecule has 2 aromatic rings. The number of carboxylic acids is 1. The third-order valence-corrected chi connectivity index (χ3v) is 6.30. The van der Waals surface area contributed by atoms with Crippen molar-refractivity contribution < 1.29 is 24.2 Å². The monoisotopic (exact) mass is 450 g/mol. The van der Waals surface area contributed by atoms with Gasteiger partial charge < -0.3 is 14.7 Å². The topological polar surface area (TPSA) is 87.2 Å². The van der Waals surface area contributed by atoms with Gasteiger partial charge in [-0.15, -0.1) is 0 Å². The molecule has 4 atom stereocenters. The summed E-state index contributed by atoms with van der Waals surface area (Å²) in [5.41, 5.74) is 1.07. The quantitative estimate of drug-likeness (QED) is 0.768. The molecule has 2 fully saturated rings. The van der Waals surface area contributed by atoms with E-state index in [9.17, 15) is 19.5 Å². The van der Waals surface area contributed by atoms with Crippen molar-refractivity contribution in [2.75, 3.05) is 6.54 Å². The molecule has 2 saturated heterocycles. The van der Waals surface area contributed by atoms with E-state index in [1.165, 1.54) is 9.80 Å². The van der Waals surface area contributed by atoms with Gasteiger partial charge in [-0.05, 0) is 38.3 Å². The van der Waals surface area contributed by atoms with E-state index in [1.54, 1.807) is 20.8 Å². The summed E-state index contributed by atoms with van der Waals surface area (Å²) in [7, 11) is 0. The van der Waals surface area contributed by atoms with E-state index in [0.717, 1.165) is 11.1 Å². The van der Waals surface area contributed by atoms with Gasteiger partial charge >= 0.3 is 12.1 Å². The van der Waals surface area contributed by atoms with E-state index < -0.39 is 29.7 Å². The van der Waals surface area contributed by atoms with Gasteiger partial charge in [0.2, 0.25) is 5.91 Å². The average Bonchev–Trinajstić information content (AvgIpc) is 3.16. The number of benzene rings is 2. The highest BCUT2D eigenvalue weighted by atomic mass is 16.6. The molecule has 0 unspecified atom stereocenters. The number of amides is 2. The van der Waals surface area contributed by atoms with E-state index in [0.29, 0.717) is 12.8 Å². The Morgan fingerprint density at radius 3 is 2.21 bits per heavy atom. The molecule has 2 aliphatic rings. The van der Waals surface area contributed by atoms with Crippen LogP contribution in [0, 0.1) is 0 Å². The molecule has 33 heavy (non-hydrogen) atoms. The van der Waals surface area contributed by atoms with Gasteiger partial charge in [-0.3, -0.25) is 9.69 Å². The van der Waals surface area contributed by atoms with Crippen LogP contribution in [0.3, 0.4) is 0 Å². The van der Waals surface area contributed by atoms with E-state index in [4.69, 9.17) is 4.74 Å². The fourth-order valence-corrected chi connectivity index (χ4v) is 4.96. The Bertz CT molecular complexity index is 1020. The Morgan fingerprint density at radius 1 is 1.03 bits per heavy atom. The first-order valence-electron chi connectivity index (χ1n) is 11.3. The SMILES string of the molecule is CC(C)(C)OC(=O)N1C[C@@H]2C[C@H](c3ccccc3)[C@@H](C(=O)O)N2C(=O)[C@@H]1Cc1ccccc1. The maximum atomic E-state index is 13.8. The Balaban J connectivity index is 1.70. The van der Waals surface area contributed by atoms with Crippen LogP contribution in [0.4, 0.5) is 4.79 Å². The number of carboxylic acid groups (broad SMARTS) is 1. The van der Waals surface area contributed by atoms with Crippen LogP contribution in [0.25, 0.3) is 0 Å².